The number of methoxy groups -OCH3 is 1. The highest BCUT2D eigenvalue weighted by Gasteiger charge is 2.34. The number of carbonyl (C=O) groups excluding carboxylic acids is 2. The van der Waals surface area contributed by atoms with Crippen LogP contribution in [0.25, 0.3) is 0 Å². The molecule has 0 radical (unpaired) electrons. The third-order valence-corrected chi connectivity index (χ3v) is 9.13. The van der Waals surface area contributed by atoms with Gasteiger partial charge in [0.2, 0.25) is 11.8 Å². The fraction of sp³-hybridized carbons (Fsp3) is 0.278. The average molecular weight is 628 g/mol. The van der Waals surface area contributed by atoms with Gasteiger partial charge in [-0.1, -0.05) is 86.6 Å². The molecule has 0 bridgehead atoms. The highest BCUT2D eigenvalue weighted by Crippen LogP contribution is 2.26. The highest BCUT2D eigenvalue weighted by molar-refractivity contribution is 7.92. The molecule has 45 heavy (non-hydrogen) atoms. The molecule has 0 aromatic heterocycles. The second-order valence-corrected chi connectivity index (χ2v) is 13.2. The fourth-order valence-corrected chi connectivity index (χ4v) is 6.40. The summed E-state index contributed by atoms with van der Waals surface area (Å²) in [6, 6.07) is 30.9. The fourth-order valence-electron chi connectivity index (χ4n) is 4.98. The molecule has 9 heteroatoms. The summed E-state index contributed by atoms with van der Waals surface area (Å²) >= 11 is 0. The SMILES string of the molecule is COc1cccc(CN(C(=O)CN(c2cccc(C)c2)S(=O)(=O)c2ccccc2)[C@H](Cc2ccccc2)C(=O)NCC(C)C)c1. The van der Waals surface area contributed by atoms with Crippen LogP contribution in [-0.4, -0.2) is 51.4 Å². The van der Waals surface area contributed by atoms with Gasteiger partial charge in [-0.15, -0.1) is 0 Å². The maximum absolute atomic E-state index is 14.5. The van der Waals surface area contributed by atoms with Crippen LogP contribution in [0.2, 0.25) is 0 Å². The van der Waals surface area contributed by atoms with Crippen LogP contribution in [0.15, 0.2) is 114 Å². The van der Waals surface area contributed by atoms with Gasteiger partial charge in [-0.2, -0.15) is 0 Å². The zero-order valence-corrected chi connectivity index (χ0v) is 27.0. The van der Waals surface area contributed by atoms with Crippen molar-refractivity contribution in [1.82, 2.24) is 10.2 Å². The van der Waals surface area contributed by atoms with Crippen LogP contribution in [0.1, 0.15) is 30.5 Å². The molecule has 4 rings (SSSR count). The normalized spacial score (nSPS) is 11.9. The third-order valence-electron chi connectivity index (χ3n) is 7.34. The van der Waals surface area contributed by atoms with Gasteiger partial charge in [0.1, 0.15) is 18.3 Å². The van der Waals surface area contributed by atoms with Crippen LogP contribution in [0.3, 0.4) is 0 Å². The Bertz CT molecular complexity index is 1680. The van der Waals surface area contributed by atoms with E-state index < -0.39 is 28.5 Å². The Hall–Kier alpha value is -4.63. The Morgan fingerprint density at radius 3 is 2.11 bits per heavy atom. The largest absolute Gasteiger partial charge is 0.497 e. The van der Waals surface area contributed by atoms with Crippen molar-refractivity contribution < 1.29 is 22.7 Å². The summed E-state index contributed by atoms with van der Waals surface area (Å²) in [5.74, 6) is -0.0187. The average Bonchev–Trinajstić information content (AvgIpc) is 3.04. The Morgan fingerprint density at radius 2 is 1.47 bits per heavy atom. The van der Waals surface area contributed by atoms with Crippen molar-refractivity contribution in [3.05, 3.63) is 126 Å². The van der Waals surface area contributed by atoms with Gasteiger partial charge in [0.05, 0.1) is 17.7 Å². The number of nitrogens with zero attached hydrogens (tertiary/aromatic N) is 2. The predicted octanol–water partition coefficient (Wildman–Crippen LogP) is 5.61. The first kappa shape index (κ1) is 33.3. The van der Waals surface area contributed by atoms with Gasteiger partial charge in [-0.25, -0.2) is 8.42 Å². The molecule has 0 aliphatic rings. The van der Waals surface area contributed by atoms with Crippen LogP contribution < -0.4 is 14.4 Å². The number of hydrogen-bond donors (Lipinski definition) is 1. The molecule has 0 aliphatic heterocycles. The first-order valence-corrected chi connectivity index (χ1v) is 16.4. The lowest BCUT2D eigenvalue weighted by Gasteiger charge is -2.34. The van der Waals surface area contributed by atoms with Gasteiger partial charge in [-0.05, 0) is 65.9 Å². The molecule has 0 spiro atoms. The molecule has 4 aromatic rings. The first-order chi connectivity index (χ1) is 21.6. The molecule has 4 aromatic carbocycles. The molecule has 8 nitrogen and oxygen atoms in total. The zero-order chi connectivity index (χ0) is 32.4. The second-order valence-electron chi connectivity index (χ2n) is 11.4. The van der Waals surface area contributed by atoms with E-state index in [2.05, 4.69) is 5.32 Å². The Morgan fingerprint density at radius 1 is 0.822 bits per heavy atom. The molecule has 1 atom stereocenters. The Kier molecular flexibility index (Phi) is 11.4. The molecule has 0 saturated heterocycles. The Balaban J connectivity index is 1.80. The molecule has 0 saturated carbocycles. The van der Waals surface area contributed by atoms with Crippen molar-refractivity contribution in [2.24, 2.45) is 5.92 Å². The van der Waals surface area contributed by atoms with Crippen molar-refractivity contribution in [2.75, 3.05) is 24.5 Å². The number of sulfonamides is 1. The monoisotopic (exact) mass is 627 g/mol. The number of hydrogen-bond acceptors (Lipinski definition) is 5. The number of aryl methyl sites for hydroxylation is 1. The minimum atomic E-state index is -4.14. The summed E-state index contributed by atoms with van der Waals surface area (Å²) in [6.45, 7) is 5.86. The molecular weight excluding hydrogens is 586 g/mol. The summed E-state index contributed by atoms with van der Waals surface area (Å²) in [5.41, 5.74) is 2.82. The van der Waals surface area contributed by atoms with Crippen molar-refractivity contribution in [3.63, 3.8) is 0 Å². The van der Waals surface area contributed by atoms with Crippen molar-refractivity contribution >= 4 is 27.5 Å². The first-order valence-electron chi connectivity index (χ1n) is 15.0. The summed E-state index contributed by atoms with van der Waals surface area (Å²) in [7, 11) is -2.58. The molecule has 236 valence electrons. The van der Waals surface area contributed by atoms with E-state index in [-0.39, 0.29) is 29.7 Å². The molecule has 2 amide bonds. The summed E-state index contributed by atoms with van der Waals surface area (Å²) in [4.78, 5) is 30.0. The second kappa shape index (κ2) is 15.4. The minimum absolute atomic E-state index is 0.0640. The number of rotatable bonds is 14. The molecule has 0 fully saturated rings. The molecule has 0 unspecified atom stereocenters. The summed E-state index contributed by atoms with van der Waals surface area (Å²) in [5, 5.41) is 3.01. The van der Waals surface area contributed by atoms with Gasteiger partial charge in [-0.3, -0.25) is 13.9 Å². The number of carbonyl (C=O) groups is 2. The van der Waals surface area contributed by atoms with Crippen molar-refractivity contribution in [3.8, 4) is 5.75 Å². The maximum Gasteiger partial charge on any atom is 0.264 e. The smallest absolute Gasteiger partial charge is 0.264 e. The van der Waals surface area contributed by atoms with Gasteiger partial charge < -0.3 is 15.0 Å². The molecule has 0 aliphatic carbocycles. The zero-order valence-electron chi connectivity index (χ0n) is 26.2. The van der Waals surface area contributed by atoms with Crippen LogP contribution in [0.4, 0.5) is 5.69 Å². The van der Waals surface area contributed by atoms with E-state index in [0.29, 0.717) is 18.0 Å². The van der Waals surface area contributed by atoms with Gasteiger partial charge in [0.25, 0.3) is 10.0 Å². The third kappa shape index (κ3) is 8.95. The van der Waals surface area contributed by atoms with Crippen LogP contribution in [0.5, 0.6) is 5.75 Å². The topological polar surface area (TPSA) is 96.0 Å². The van der Waals surface area contributed by atoms with E-state index in [1.807, 2.05) is 75.4 Å². The Labute approximate surface area is 266 Å². The van der Waals surface area contributed by atoms with E-state index in [0.717, 1.165) is 21.0 Å². The summed E-state index contributed by atoms with van der Waals surface area (Å²) < 4.78 is 34.7. The number of anilines is 1. The maximum atomic E-state index is 14.5. The molecule has 1 N–H and O–H groups in total. The van der Waals surface area contributed by atoms with Crippen LogP contribution in [-0.2, 0) is 32.6 Å². The van der Waals surface area contributed by atoms with E-state index in [4.69, 9.17) is 4.74 Å². The quantitative estimate of drug-likeness (QED) is 0.196. The highest BCUT2D eigenvalue weighted by atomic mass is 32.2. The molecular formula is C36H41N3O5S. The summed E-state index contributed by atoms with van der Waals surface area (Å²) in [6.07, 6.45) is 0.246. The van der Waals surface area contributed by atoms with Gasteiger partial charge in [0, 0.05) is 19.5 Å². The lowest BCUT2D eigenvalue weighted by molar-refractivity contribution is -0.140. The minimum Gasteiger partial charge on any atom is -0.497 e. The van der Waals surface area contributed by atoms with E-state index in [1.165, 1.54) is 17.0 Å². The van der Waals surface area contributed by atoms with Gasteiger partial charge in [0.15, 0.2) is 0 Å². The van der Waals surface area contributed by atoms with Crippen LogP contribution >= 0.6 is 0 Å². The van der Waals surface area contributed by atoms with E-state index in [9.17, 15) is 18.0 Å². The number of benzene rings is 4. The van der Waals surface area contributed by atoms with Crippen LogP contribution in [0, 0.1) is 12.8 Å². The lowest BCUT2D eigenvalue weighted by Crippen LogP contribution is -2.53. The van der Waals surface area contributed by atoms with Crippen molar-refractivity contribution in [2.45, 2.75) is 44.7 Å². The predicted molar refractivity (Wildman–Crippen MR) is 177 cm³/mol. The van der Waals surface area contributed by atoms with E-state index in [1.54, 1.807) is 49.6 Å². The van der Waals surface area contributed by atoms with Crippen molar-refractivity contribution in [1.29, 1.82) is 0 Å². The van der Waals surface area contributed by atoms with Gasteiger partial charge >= 0.3 is 0 Å². The number of nitrogens with one attached hydrogen (secondary N) is 1. The lowest BCUT2D eigenvalue weighted by atomic mass is 10.0. The number of ether oxygens (including phenoxy) is 1. The molecule has 0 heterocycles. The van der Waals surface area contributed by atoms with E-state index >= 15 is 0 Å². The standard InChI is InChI=1S/C36H41N3O5S/c1-27(2)24-37-36(41)34(23-29-14-7-5-8-15-29)38(25-30-16-12-18-32(22-30)44-4)35(40)26-39(31-17-11-13-28(3)21-31)45(42,43)33-19-9-6-10-20-33/h5-22,27,34H,23-26H2,1-4H3,(H,37,41)/t34-/m1/s1. The number of amides is 2.